The van der Waals surface area contributed by atoms with Crippen molar-refractivity contribution in [1.82, 2.24) is 20.2 Å². The molecule has 0 aliphatic heterocycles. The van der Waals surface area contributed by atoms with Gasteiger partial charge in [0.25, 0.3) is 5.92 Å². The lowest BCUT2D eigenvalue weighted by Crippen LogP contribution is -2.14. The fraction of sp³-hybridized carbons (Fsp3) is 0.0556. The van der Waals surface area contributed by atoms with Crippen LogP contribution in [0.2, 0.25) is 0 Å². The summed E-state index contributed by atoms with van der Waals surface area (Å²) in [5, 5.41) is 7.49. The highest BCUT2D eigenvalue weighted by Crippen LogP contribution is 2.37. The maximum Gasteiger partial charge on any atom is 0.298 e. The van der Waals surface area contributed by atoms with Crippen molar-refractivity contribution in [3.63, 3.8) is 0 Å². The van der Waals surface area contributed by atoms with E-state index < -0.39 is 5.92 Å². The molecule has 0 bridgehead atoms. The summed E-state index contributed by atoms with van der Waals surface area (Å²) in [5.74, 6) is -2.79. The minimum atomic E-state index is -3.07. The van der Waals surface area contributed by atoms with Crippen LogP contribution >= 0.6 is 0 Å². The first-order valence-corrected chi connectivity index (χ1v) is 7.56. The van der Waals surface area contributed by atoms with E-state index in [0.29, 0.717) is 22.3 Å². The molecule has 0 fully saturated rings. The Kier molecular flexibility index (Phi) is 3.42. The van der Waals surface area contributed by atoms with Gasteiger partial charge in [-0.1, -0.05) is 54.6 Å². The molecule has 4 rings (SSSR count). The number of alkyl halides is 2. The second-order valence-corrected chi connectivity index (χ2v) is 5.57. The SMILES string of the molecule is Nc1ncnc2n[nH]c(-c3ccc(C(F)(F)c4ccccc4)cc3)c12. The Hall–Kier alpha value is -3.35. The first kappa shape index (κ1) is 15.2. The van der Waals surface area contributed by atoms with Gasteiger partial charge in [-0.3, -0.25) is 5.10 Å². The molecule has 0 amide bonds. The van der Waals surface area contributed by atoms with Gasteiger partial charge >= 0.3 is 0 Å². The third-order valence-electron chi connectivity index (χ3n) is 4.05. The standard InChI is InChI=1S/C18H13F2N5/c19-18(20,12-4-2-1-3-5-12)13-8-6-11(7-9-13)15-14-16(21)22-10-23-17(14)25-24-15/h1-10H,(H3,21,22,23,24,25). The lowest BCUT2D eigenvalue weighted by Gasteiger charge is -2.17. The average molecular weight is 337 g/mol. The van der Waals surface area contributed by atoms with Crippen LogP contribution in [0.5, 0.6) is 0 Å². The van der Waals surface area contributed by atoms with E-state index in [1.54, 1.807) is 30.3 Å². The number of aromatic amines is 1. The number of nitrogens with zero attached hydrogens (tertiary/aromatic N) is 3. The molecule has 5 nitrogen and oxygen atoms in total. The highest BCUT2D eigenvalue weighted by Gasteiger charge is 2.33. The molecule has 0 spiro atoms. The number of nitrogens with two attached hydrogens (primary N) is 1. The Bertz CT molecular complexity index is 1030. The van der Waals surface area contributed by atoms with Gasteiger partial charge in [0.15, 0.2) is 5.65 Å². The number of aromatic nitrogens is 4. The summed E-state index contributed by atoms with van der Waals surface area (Å²) >= 11 is 0. The maximum absolute atomic E-state index is 14.6. The molecule has 4 aromatic rings. The van der Waals surface area contributed by atoms with Gasteiger partial charge < -0.3 is 5.73 Å². The molecular formula is C18H13F2N5. The largest absolute Gasteiger partial charge is 0.383 e. The molecule has 2 heterocycles. The van der Waals surface area contributed by atoms with Crippen LogP contribution < -0.4 is 5.73 Å². The van der Waals surface area contributed by atoms with Gasteiger partial charge in [-0.25, -0.2) is 9.97 Å². The molecule has 0 atom stereocenters. The van der Waals surface area contributed by atoms with E-state index in [4.69, 9.17) is 5.73 Å². The van der Waals surface area contributed by atoms with Gasteiger partial charge in [0.2, 0.25) is 0 Å². The zero-order valence-corrected chi connectivity index (χ0v) is 12.9. The molecule has 25 heavy (non-hydrogen) atoms. The highest BCUT2D eigenvalue weighted by atomic mass is 19.3. The third-order valence-corrected chi connectivity index (χ3v) is 4.05. The Balaban J connectivity index is 1.75. The predicted octanol–water partition coefficient (Wildman–Crippen LogP) is 3.74. The topological polar surface area (TPSA) is 80.5 Å². The molecule has 7 heteroatoms. The summed E-state index contributed by atoms with van der Waals surface area (Å²) in [6, 6.07) is 13.7. The van der Waals surface area contributed by atoms with E-state index in [0.717, 1.165) is 0 Å². The van der Waals surface area contributed by atoms with Crippen LogP contribution in [0.15, 0.2) is 60.9 Å². The number of rotatable bonds is 3. The van der Waals surface area contributed by atoms with Crippen LogP contribution in [0, 0.1) is 0 Å². The predicted molar refractivity (Wildman–Crippen MR) is 91.0 cm³/mol. The molecule has 0 saturated carbocycles. The molecule has 2 aromatic heterocycles. The molecular weight excluding hydrogens is 324 g/mol. The van der Waals surface area contributed by atoms with Crippen LogP contribution in [0.25, 0.3) is 22.3 Å². The maximum atomic E-state index is 14.6. The van der Waals surface area contributed by atoms with E-state index in [1.165, 1.54) is 30.6 Å². The van der Waals surface area contributed by atoms with Crippen LogP contribution in [-0.2, 0) is 5.92 Å². The normalized spacial score (nSPS) is 11.8. The first-order valence-electron chi connectivity index (χ1n) is 7.56. The van der Waals surface area contributed by atoms with Crippen molar-refractivity contribution >= 4 is 16.9 Å². The zero-order chi connectivity index (χ0) is 17.4. The number of nitrogen functional groups attached to an aromatic ring is 1. The van der Waals surface area contributed by atoms with Gasteiger partial charge in [-0.2, -0.15) is 13.9 Å². The molecule has 0 aliphatic rings. The van der Waals surface area contributed by atoms with Crippen LogP contribution in [0.1, 0.15) is 11.1 Å². The number of hydrogen-bond acceptors (Lipinski definition) is 4. The van der Waals surface area contributed by atoms with Crippen LogP contribution in [-0.4, -0.2) is 20.2 Å². The van der Waals surface area contributed by atoms with E-state index >= 15 is 0 Å². The summed E-state index contributed by atoms with van der Waals surface area (Å²) in [4.78, 5) is 7.98. The Morgan fingerprint density at radius 1 is 0.880 bits per heavy atom. The van der Waals surface area contributed by atoms with E-state index in [-0.39, 0.29) is 16.9 Å². The zero-order valence-electron chi connectivity index (χ0n) is 12.9. The summed E-state index contributed by atoms with van der Waals surface area (Å²) in [6.07, 6.45) is 1.33. The van der Waals surface area contributed by atoms with E-state index in [1.807, 2.05) is 0 Å². The number of nitrogens with one attached hydrogen (secondary N) is 1. The van der Waals surface area contributed by atoms with Crippen LogP contribution in [0.4, 0.5) is 14.6 Å². The molecule has 0 unspecified atom stereocenters. The lowest BCUT2D eigenvalue weighted by molar-refractivity contribution is 0.0428. The Morgan fingerprint density at radius 2 is 1.56 bits per heavy atom. The highest BCUT2D eigenvalue weighted by molar-refractivity contribution is 5.97. The smallest absolute Gasteiger partial charge is 0.298 e. The molecule has 0 saturated heterocycles. The van der Waals surface area contributed by atoms with E-state index in [2.05, 4.69) is 20.2 Å². The Morgan fingerprint density at radius 3 is 2.28 bits per heavy atom. The van der Waals surface area contributed by atoms with Crippen molar-refractivity contribution in [2.45, 2.75) is 5.92 Å². The van der Waals surface area contributed by atoms with Gasteiger partial charge in [-0.05, 0) is 0 Å². The lowest BCUT2D eigenvalue weighted by atomic mass is 9.98. The van der Waals surface area contributed by atoms with Gasteiger partial charge in [0.1, 0.15) is 12.1 Å². The number of benzene rings is 2. The van der Waals surface area contributed by atoms with Crippen LogP contribution in [0.3, 0.4) is 0 Å². The molecule has 0 radical (unpaired) electrons. The van der Waals surface area contributed by atoms with Crippen molar-refractivity contribution in [2.75, 3.05) is 5.73 Å². The summed E-state index contributed by atoms with van der Waals surface area (Å²) in [7, 11) is 0. The molecule has 2 aromatic carbocycles. The van der Waals surface area contributed by atoms with Crippen molar-refractivity contribution in [3.8, 4) is 11.3 Å². The summed E-state index contributed by atoms with van der Waals surface area (Å²) in [5.41, 5.74) is 7.46. The molecule has 124 valence electrons. The first-order chi connectivity index (χ1) is 12.1. The number of halogens is 2. The van der Waals surface area contributed by atoms with Crippen molar-refractivity contribution < 1.29 is 8.78 Å². The molecule has 3 N–H and O–H groups in total. The minimum absolute atomic E-state index is 0.0487. The quantitative estimate of drug-likeness (QED) is 0.597. The Labute approximate surface area is 141 Å². The molecule has 0 aliphatic carbocycles. The number of fused-ring (bicyclic) bond motifs is 1. The average Bonchev–Trinajstić information content (AvgIpc) is 3.08. The third kappa shape index (κ3) is 2.50. The number of hydrogen-bond donors (Lipinski definition) is 2. The van der Waals surface area contributed by atoms with Crippen molar-refractivity contribution in [3.05, 3.63) is 72.1 Å². The van der Waals surface area contributed by atoms with Gasteiger partial charge in [-0.15, -0.1) is 0 Å². The fourth-order valence-corrected chi connectivity index (χ4v) is 2.75. The monoisotopic (exact) mass is 337 g/mol. The van der Waals surface area contributed by atoms with Gasteiger partial charge in [0, 0.05) is 16.7 Å². The second kappa shape index (κ2) is 5.62. The van der Waals surface area contributed by atoms with E-state index in [9.17, 15) is 8.78 Å². The number of anilines is 1. The summed E-state index contributed by atoms with van der Waals surface area (Å²) in [6.45, 7) is 0. The van der Waals surface area contributed by atoms with Crippen molar-refractivity contribution in [1.29, 1.82) is 0 Å². The second-order valence-electron chi connectivity index (χ2n) is 5.57. The minimum Gasteiger partial charge on any atom is -0.383 e. The number of H-pyrrole nitrogens is 1. The van der Waals surface area contributed by atoms with Crippen molar-refractivity contribution in [2.24, 2.45) is 0 Å². The summed E-state index contributed by atoms with van der Waals surface area (Å²) < 4.78 is 29.2. The fourth-order valence-electron chi connectivity index (χ4n) is 2.75. The van der Waals surface area contributed by atoms with Gasteiger partial charge in [0.05, 0.1) is 11.1 Å².